The van der Waals surface area contributed by atoms with Crippen molar-refractivity contribution in [3.63, 3.8) is 0 Å². The summed E-state index contributed by atoms with van der Waals surface area (Å²) in [5, 5.41) is 0. The number of ether oxygens (including phenoxy) is 2. The molecule has 1 aromatic rings. The van der Waals surface area contributed by atoms with E-state index in [-0.39, 0.29) is 19.0 Å². The Morgan fingerprint density at radius 3 is 2.73 bits per heavy atom. The van der Waals surface area contributed by atoms with Crippen LogP contribution in [-0.2, 0) is 26.3 Å². The Kier molecular flexibility index (Phi) is 6.75. The second-order valence-electron chi connectivity index (χ2n) is 9.54. The molecule has 4 rings (SSSR count). The molecule has 0 heterocycles. The summed E-state index contributed by atoms with van der Waals surface area (Å²) < 4.78 is 42.0. The maximum absolute atomic E-state index is 11.1. The minimum absolute atomic E-state index is 0.0650. The van der Waals surface area contributed by atoms with E-state index in [2.05, 4.69) is 19.9 Å². The molecule has 9 heteroatoms. The third-order valence-electron chi connectivity index (χ3n) is 7.81. The Balaban J connectivity index is 1.60. The second-order valence-corrected chi connectivity index (χ2v) is 10.7. The van der Waals surface area contributed by atoms with Gasteiger partial charge >= 0.3 is 16.3 Å². The zero-order chi connectivity index (χ0) is 23.8. The van der Waals surface area contributed by atoms with E-state index in [1.54, 1.807) is 16.5 Å². The van der Waals surface area contributed by atoms with Crippen molar-refractivity contribution in [3.8, 4) is 11.5 Å². The largest absolute Gasteiger partial charge is 0.486 e. The normalized spacial score (nSPS) is 28.2. The number of nitrogens with one attached hydrogen (secondary N) is 1. The fourth-order valence-electron chi connectivity index (χ4n) is 6.41. The van der Waals surface area contributed by atoms with Gasteiger partial charge in [0.2, 0.25) is 0 Å². The first-order valence-electron chi connectivity index (χ1n) is 11.7. The van der Waals surface area contributed by atoms with Crippen LogP contribution in [0, 0.1) is 17.3 Å². The highest BCUT2D eigenvalue weighted by atomic mass is 32.2. The predicted octanol–water partition coefficient (Wildman–Crippen LogP) is 4.12. The molecule has 0 aromatic heterocycles. The molecule has 182 valence electrons. The summed E-state index contributed by atoms with van der Waals surface area (Å²) in [5.74, 6) is 1.76. The van der Waals surface area contributed by atoms with E-state index in [1.807, 2.05) is 6.07 Å². The number of benzene rings is 1. The lowest BCUT2D eigenvalue weighted by molar-refractivity contribution is -0.141. The third-order valence-corrected chi connectivity index (χ3v) is 8.11. The molecule has 0 aliphatic heterocycles. The molecular formula is C24H33NO7S. The first-order chi connectivity index (χ1) is 15.6. The van der Waals surface area contributed by atoms with Crippen molar-refractivity contribution in [1.29, 1.82) is 0 Å². The Hall–Kier alpha value is -2.10. The Morgan fingerprint density at radius 2 is 2.03 bits per heavy atom. The lowest BCUT2D eigenvalue weighted by atomic mass is 9.54. The van der Waals surface area contributed by atoms with Crippen LogP contribution in [-0.4, -0.2) is 32.2 Å². The van der Waals surface area contributed by atoms with Crippen LogP contribution in [0.1, 0.15) is 69.9 Å². The van der Waals surface area contributed by atoms with Gasteiger partial charge in [-0.1, -0.05) is 25.5 Å². The topological polar surface area (TPSA) is 111 Å². The van der Waals surface area contributed by atoms with Crippen LogP contribution in [0.15, 0.2) is 23.8 Å². The Labute approximate surface area is 195 Å². The average Bonchev–Trinajstić information content (AvgIpc) is 3.10. The molecule has 0 amide bonds. The van der Waals surface area contributed by atoms with Crippen LogP contribution < -0.4 is 14.5 Å². The standard InChI is InChI=1S/C24H33NO7S/c1-4-17-6-8-21-19-7-5-16-13-23(32-25-33(27,28)29)22(31-12-11-30-15(2)26)14-20(16)18(19)9-10-24(17,21)3/h6,13-14,18-19,21,25H,4-5,7-12H2,1-3H3,(H,27,28,29)/t18-,19+,21-,24+/m0/s1. The van der Waals surface area contributed by atoms with Crippen molar-refractivity contribution in [2.75, 3.05) is 13.2 Å². The van der Waals surface area contributed by atoms with E-state index in [0.717, 1.165) is 44.1 Å². The minimum Gasteiger partial charge on any atom is -0.486 e. The summed E-state index contributed by atoms with van der Waals surface area (Å²) in [4.78, 5) is 17.9. The lowest BCUT2D eigenvalue weighted by Gasteiger charge is -2.50. The van der Waals surface area contributed by atoms with Gasteiger partial charge in [-0.3, -0.25) is 9.35 Å². The fraction of sp³-hybridized carbons (Fsp3) is 0.625. The summed E-state index contributed by atoms with van der Waals surface area (Å²) >= 11 is 0. The smallest absolute Gasteiger partial charge is 0.364 e. The van der Waals surface area contributed by atoms with Gasteiger partial charge in [-0.25, -0.2) is 0 Å². The van der Waals surface area contributed by atoms with E-state index in [0.29, 0.717) is 28.9 Å². The fourth-order valence-corrected chi connectivity index (χ4v) is 6.60. The maximum Gasteiger partial charge on any atom is 0.364 e. The Bertz CT molecular complexity index is 1050. The minimum atomic E-state index is -4.54. The molecule has 0 unspecified atom stereocenters. The van der Waals surface area contributed by atoms with Gasteiger partial charge in [-0.05, 0) is 89.8 Å². The van der Waals surface area contributed by atoms with Crippen molar-refractivity contribution in [2.45, 2.75) is 65.2 Å². The predicted molar refractivity (Wildman–Crippen MR) is 122 cm³/mol. The van der Waals surface area contributed by atoms with Gasteiger partial charge < -0.3 is 14.3 Å². The summed E-state index contributed by atoms with van der Waals surface area (Å²) in [6.07, 6.45) is 8.93. The molecule has 4 atom stereocenters. The van der Waals surface area contributed by atoms with Crippen LogP contribution in [0.5, 0.6) is 11.5 Å². The first-order valence-corrected chi connectivity index (χ1v) is 13.1. The van der Waals surface area contributed by atoms with Crippen molar-refractivity contribution in [1.82, 2.24) is 4.89 Å². The van der Waals surface area contributed by atoms with Crippen LogP contribution in [0.2, 0.25) is 0 Å². The summed E-state index contributed by atoms with van der Waals surface area (Å²) in [5.41, 5.74) is 4.23. The molecule has 33 heavy (non-hydrogen) atoms. The molecular weight excluding hydrogens is 446 g/mol. The van der Waals surface area contributed by atoms with Gasteiger partial charge in [0, 0.05) is 6.92 Å². The number of aryl methyl sites for hydroxylation is 1. The van der Waals surface area contributed by atoms with E-state index < -0.39 is 16.3 Å². The van der Waals surface area contributed by atoms with Crippen molar-refractivity contribution >= 4 is 16.3 Å². The van der Waals surface area contributed by atoms with Crippen molar-refractivity contribution < 1.29 is 32.1 Å². The maximum atomic E-state index is 11.1. The second kappa shape index (κ2) is 9.27. The van der Waals surface area contributed by atoms with Gasteiger partial charge in [0.05, 0.1) is 0 Å². The summed E-state index contributed by atoms with van der Waals surface area (Å²) in [7, 11) is -4.54. The molecule has 1 fully saturated rings. The van der Waals surface area contributed by atoms with Crippen LogP contribution >= 0.6 is 0 Å². The average molecular weight is 480 g/mol. The highest BCUT2D eigenvalue weighted by molar-refractivity contribution is 7.83. The molecule has 0 bridgehead atoms. The molecule has 0 spiro atoms. The van der Waals surface area contributed by atoms with E-state index in [1.165, 1.54) is 12.5 Å². The number of carbonyl (C=O) groups excluding carboxylic acids is 1. The highest BCUT2D eigenvalue weighted by Crippen LogP contribution is 2.62. The van der Waals surface area contributed by atoms with Crippen molar-refractivity contribution in [2.24, 2.45) is 17.3 Å². The molecule has 3 aliphatic rings. The zero-order valence-electron chi connectivity index (χ0n) is 19.4. The highest BCUT2D eigenvalue weighted by Gasteiger charge is 2.51. The van der Waals surface area contributed by atoms with Crippen LogP contribution in [0.4, 0.5) is 0 Å². The van der Waals surface area contributed by atoms with E-state index >= 15 is 0 Å². The molecule has 1 aromatic carbocycles. The molecule has 3 aliphatic carbocycles. The number of esters is 1. The van der Waals surface area contributed by atoms with Gasteiger partial charge in [0.1, 0.15) is 13.2 Å². The van der Waals surface area contributed by atoms with Crippen LogP contribution in [0.3, 0.4) is 0 Å². The van der Waals surface area contributed by atoms with Crippen molar-refractivity contribution in [3.05, 3.63) is 34.9 Å². The number of rotatable bonds is 8. The number of hydrogen-bond donors (Lipinski definition) is 2. The summed E-state index contributed by atoms with van der Waals surface area (Å²) in [6.45, 7) is 6.17. The number of carbonyl (C=O) groups is 1. The number of fused-ring (bicyclic) bond motifs is 5. The molecule has 2 N–H and O–H groups in total. The van der Waals surface area contributed by atoms with Gasteiger partial charge in [-0.15, -0.1) is 0 Å². The van der Waals surface area contributed by atoms with Gasteiger partial charge in [-0.2, -0.15) is 8.42 Å². The monoisotopic (exact) mass is 479 g/mol. The quantitative estimate of drug-likeness (QED) is 0.190. The zero-order valence-corrected chi connectivity index (χ0v) is 20.2. The molecule has 8 nitrogen and oxygen atoms in total. The van der Waals surface area contributed by atoms with Gasteiger partial charge in [0.15, 0.2) is 11.5 Å². The molecule has 1 saturated carbocycles. The van der Waals surface area contributed by atoms with E-state index in [4.69, 9.17) is 18.9 Å². The third kappa shape index (κ3) is 4.90. The summed E-state index contributed by atoms with van der Waals surface area (Å²) in [6, 6.07) is 3.73. The van der Waals surface area contributed by atoms with Crippen LogP contribution in [0.25, 0.3) is 0 Å². The number of hydrogen-bond acceptors (Lipinski definition) is 6. The molecule has 0 saturated heterocycles. The number of allylic oxidation sites excluding steroid dienone is 2. The SMILES string of the molecule is CCC1=CC[C@H]2[C@@H]3CCc4cc(ONS(=O)(=O)O)c(OCCOC(C)=O)cc4[C@H]3CC[C@]12C. The van der Waals surface area contributed by atoms with E-state index in [9.17, 15) is 13.2 Å². The lowest BCUT2D eigenvalue weighted by Crippen LogP contribution is -2.41. The molecule has 0 radical (unpaired) electrons. The van der Waals surface area contributed by atoms with Gasteiger partial charge in [0.25, 0.3) is 0 Å². The Morgan fingerprint density at radius 1 is 1.24 bits per heavy atom. The first kappa shape index (κ1) is 24.0.